The molecule has 2 aliphatic heterocycles. The molecule has 0 aliphatic carbocycles. The van der Waals surface area contributed by atoms with Crippen LogP contribution in [-0.4, -0.2) is 65.7 Å². The lowest BCUT2D eigenvalue weighted by atomic mass is 9.96. The van der Waals surface area contributed by atoms with E-state index in [4.69, 9.17) is 0 Å². The van der Waals surface area contributed by atoms with Gasteiger partial charge in [0.15, 0.2) is 5.54 Å². The summed E-state index contributed by atoms with van der Waals surface area (Å²) in [6, 6.07) is 21.8. The van der Waals surface area contributed by atoms with E-state index in [2.05, 4.69) is 81.1 Å². The van der Waals surface area contributed by atoms with Gasteiger partial charge in [-0.15, -0.1) is 37.2 Å². The first-order chi connectivity index (χ1) is 15.9. The number of hydrogen-bond acceptors (Lipinski definition) is 5. The summed E-state index contributed by atoms with van der Waals surface area (Å²) in [5.74, 6) is -0.878. The first kappa shape index (κ1) is 31.8. The van der Waals surface area contributed by atoms with Crippen molar-refractivity contribution in [3.8, 4) is 0 Å². The van der Waals surface area contributed by atoms with Gasteiger partial charge in [0.1, 0.15) is 0 Å². The normalized spacial score (nSPS) is 20.0. The van der Waals surface area contributed by atoms with E-state index in [1.165, 1.54) is 11.1 Å². The highest BCUT2D eigenvalue weighted by molar-refractivity contribution is 5.86. The van der Waals surface area contributed by atoms with Crippen molar-refractivity contribution in [2.45, 2.75) is 25.4 Å². The second kappa shape index (κ2) is 14.5. The third kappa shape index (κ3) is 7.89. The van der Waals surface area contributed by atoms with Crippen molar-refractivity contribution >= 4 is 43.2 Å². The number of nitrogens with zero attached hydrogens (tertiary/aromatic N) is 2. The van der Waals surface area contributed by atoms with Gasteiger partial charge in [0.2, 0.25) is 0 Å². The maximum absolute atomic E-state index is 11.6. The standard InChI is InChI=1S/C27H34N4O2.3ClH/c1-21-19-24(20-27(2,29-21)26(32)33)28-13-14-30-15-17-31(18-16-30)25(22-9-5-3-6-10-22)23-11-7-4-8-12-23;;;/h3-12,19-20,25,28-29H,13-18H2,1-2H3,(H,32,33);3*1H. The van der Waals surface area contributed by atoms with Gasteiger partial charge in [0.25, 0.3) is 0 Å². The number of allylic oxidation sites excluding steroid dienone is 2. The molecule has 0 radical (unpaired) electrons. The van der Waals surface area contributed by atoms with Gasteiger partial charge in [-0.2, -0.15) is 0 Å². The first-order valence-electron chi connectivity index (χ1n) is 11.7. The van der Waals surface area contributed by atoms with Gasteiger partial charge in [-0.05, 0) is 37.1 Å². The third-order valence-electron chi connectivity index (χ3n) is 6.48. The molecule has 0 bridgehead atoms. The SMILES string of the molecule is CC1=CC(NCCN2CCN(C(c3ccccc3)c3ccccc3)CC2)=CC(C)(C(=O)O)N1.Cl.Cl.Cl. The Hall–Kier alpha value is -2.22. The van der Waals surface area contributed by atoms with Gasteiger partial charge >= 0.3 is 5.97 Å². The molecule has 9 heteroatoms. The maximum atomic E-state index is 11.6. The van der Waals surface area contributed by atoms with E-state index in [0.29, 0.717) is 0 Å². The Bertz CT molecular complexity index is 973. The minimum Gasteiger partial charge on any atom is -0.479 e. The summed E-state index contributed by atoms with van der Waals surface area (Å²) >= 11 is 0. The van der Waals surface area contributed by atoms with Gasteiger partial charge < -0.3 is 15.7 Å². The average Bonchev–Trinajstić information content (AvgIpc) is 2.81. The van der Waals surface area contributed by atoms with Crippen LogP contribution in [0.25, 0.3) is 0 Å². The highest BCUT2D eigenvalue weighted by atomic mass is 35.5. The van der Waals surface area contributed by atoms with Crippen molar-refractivity contribution in [3.05, 3.63) is 95.3 Å². The number of piperazine rings is 1. The molecule has 1 saturated heterocycles. The van der Waals surface area contributed by atoms with Gasteiger partial charge in [-0.1, -0.05) is 60.7 Å². The van der Waals surface area contributed by atoms with Crippen LogP contribution in [-0.2, 0) is 4.79 Å². The van der Waals surface area contributed by atoms with Crippen LogP contribution in [0, 0.1) is 0 Å². The van der Waals surface area contributed by atoms with E-state index in [9.17, 15) is 9.90 Å². The molecular formula is C27H37Cl3N4O2. The number of carboxylic acid groups (broad SMARTS) is 1. The number of carboxylic acids is 1. The van der Waals surface area contributed by atoms with Crippen LogP contribution in [0.2, 0.25) is 0 Å². The third-order valence-corrected chi connectivity index (χ3v) is 6.48. The van der Waals surface area contributed by atoms with Gasteiger partial charge in [-0.3, -0.25) is 9.80 Å². The van der Waals surface area contributed by atoms with Crippen LogP contribution in [0.1, 0.15) is 31.0 Å². The lowest BCUT2D eigenvalue weighted by Crippen LogP contribution is -2.50. The number of rotatable bonds is 8. The molecular weight excluding hydrogens is 519 g/mol. The van der Waals surface area contributed by atoms with Crippen molar-refractivity contribution in [1.29, 1.82) is 0 Å². The molecule has 198 valence electrons. The van der Waals surface area contributed by atoms with Crippen molar-refractivity contribution in [1.82, 2.24) is 20.4 Å². The van der Waals surface area contributed by atoms with Crippen LogP contribution in [0.3, 0.4) is 0 Å². The van der Waals surface area contributed by atoms with Gasteiger partial charge in [0.05, 0.1) is 6.04 Å². The van der Waals surface area contributed by atoms with Crippen molar-refractivity contribution in [2.75, 3.05) is 39.3 Å². The van der Waals surface area contributed by atoms with Crippen LogP contribution < -0.4 is 10.6 Å². The molecule has 1 fully saturated rings. The Morgan fingerprint density at radius 2 is 1.50 bits per heavy atom. The largest absolute Gasteiger partial charge is 0.479 e. The number of dihydropyridines is 1. The van der Waals surface area contributed by atoms with E-state index in [0.717, 1.165) is 50.7 Å². The van der Waals surface area contributed by atoms with Crippen molar-refractivity contribution in [2.24, 2.45) is 0 Å². The van der Waals surface area contributed by atoms with Crippen LogP contribution in [0.4, 0.5) is 0 Å². The monoisotopic (exact) mass is 554 g/mol. The minimum atomic E-state index is -1.07. The molecule has 1 atom stereocenters. The molecule has 0 aromatic heterocycles. The first-order valence-corrected chi connectivity index (χ1v) is 11.7. The average molecular weight is 556 g/mol. The number of aliphatic carboxylic acids is 1. The fraction of sp³-hybridized carbons (Fsp3) is 0.370. The molecule has 2 aromatic rings. The molecule has 3 N–H and O–H groups in total. The van der Waals surface area contributed by atoms with Crippen LogP contribution in [0.5, 0.6) is 0 Å². The Morgan fingerprint density at radius 3 is 2.00 bits per heavy atom. The maximum Gasteiger partial charge on any atom is 0.333 e. The lowest BCUT2D eigenvalue weighted by molar-refractivity contribution is -0.141. The molecule has 1 unspecified atom stereocenters. The Labute approximate surface area is 233 Å². The van der Waals surface area contributed by atoms with E-state index in [1.807, 2.05) is 13.0 Å². The second-order valence-corrected chi connectivity index (χ2v) is 9.09. The number of nitrogens with one attached hydrogen (secondary N) is 2. The topological polar surface area (TPSA) is 67.8 Å². The highest BCUT2D eigenvalue weighted by Crippen LogP contribution is 2.29. The molecule has 0 amide bonds. The van der Waals surface area contributed by atoms with Gasteiger partial charge in [-0.25, -0.2) is 4.79 Å². The van der Waals surface area contributed by atoms with E-state index < -0.39 is 11.5 Å². The summed E-state index contributed by atoms with van der Waals surface area (Å²) < 4.78 is 0. The molecule has 0 saturated carbocycles. The number of halogens is 3. The summed E-state index contributed by atoms with van der Waals surface area (Å²) in [6.07, 6.45) is 3.72. The molecule has 2 aromatic carbocycles. The zero-order chi connectivity index (χ0) is 23.3. The van der Waals surface area contributed by atoms with E-state index in [1.54, 1.807) is 13.0 Å². The lowest BCUT2D eigenvalue weighted by Gasteiger charge is -2.40. The molecule has 4 rings (SSSR count). The quantitative estimate of drug-likeness (QED) is 0.446. The Kier molecular flexibility index (Phi) is 12.8. The van der Waals surface area contributed by atoms with Crippen LogP contribution in [0.15, 0.2) is 84.2 Å². The Morgan fingerprint density at radius 1 is 0.972 bits per heavy atom. The smallest absolute Gasteiger partial charge is 0.333 e. The number of hydrogen-bond donors (Lipinski definition) is 3. The molecule has 2 aliphatic rings. The highest BCUT2D eigenvalue weighted by Gasteiger charge is 2.33. The van der Waals surface area contributed by atoms with Crippen LogP contribution >= 0.6 is 37.2 Å². The Balaban J connectivity index is 0.00000216. The predicted molar refractivity (Wildman–Crippen MR) is 154 cm³/mol. The van der Waals surface area contributed by atoms with Gasteiger partial charge in [0, 0.05) is 50.7 Å². The number of carbonyl (C=O) groups is 1. The summed E-state index contributed by atoms with van der Waals surface area (Å²) in [6.45, 7) is 9.34. The molecule has 0 spiro atoms. The number of benzene rings is 2. The zero-order valence-corrected chi connectivity index (χ0v) is 23.2. The second-order valence-electron chi connectivity index (χ2n) is 9.09. The summed E-state index contributed by atoms with van der Waals surface area (Å²) in [7, 11) is 0. The van der Waals surface area contributed by atoms with Crippen molar-refractivity contribution in [3.63, 3.8) is 0 Å². The van der Waals surface area contributed by atoms with E-state index in [-0.39, 0.29) is 43.3 Å². The molecule has 6 nitrogen and oxygen atoms in total. The predicted octanol–water partition coefficient (Wildman–Crippen LogP) is 4.48. The zero-order valence-electron chi connectivity index (χ0n) is 20.7. The summed E-state index contributed by atoms with van der Waals surface area (Å²) in [5, 5.41) is 16.0. The van der Waals surface area contributed by atoms with E-state index >= 15 is 0 Å². The minimum absolute atomic E-state index is 0. The molecule has 36 heavy (non-hydrogen) atoms. The summed E-state index contributed by atoms with van der Waals surface area (Å²) in [4.78, 5) is 16.7. The molecule has 2 heterocycles. The fourth-order valence-corrected chi connectivity index (χ4v) is 4.77. The fourth-order valence-electron chi connectivity index (χ4n) is 4.77. The van der Waals surface area contributed by atoms with Crippen molar-refractivity contribution < 1.29 is 9.90 Å². The summed E-state index contributed by atoms with van der Waals surface area (Å²) in [5.41, 5.74) is 3.31.